The number of benzene rings is 1. The molecule has 1 aromatic carbocycles. The maximum absolute atomic E-state index is 6.04. The maximum Gasteiger partial charge on any atom is 0.0174 e. The highest BCUT2D eigenvalue weighted by atomic mass is 15.2. The van der Waals surface area contributed by atoms with Crippen LogP contribution >= 0.6 is 0 Å². The van der Waals surface area contributed by atoms with Crippen molar-refractivity contribution in [2.24, 2.45) is 5.73 Å². The molecule has 0 bridgehead atoms. The van der Waals surface area contributed by atoms with E-state index in [4.69, 9.17) is 5.73 Å². The summed E-state index contributed by atoms with van der Waals surface area (Å²) < 4.78 is 0. The number of hydrogen-bond acceptors (Lipinski definition) is 2. The van der Waals surface area contributed by atoms with E-state index in [1.807, 2.05) is 0 Å². The Labute approximate surface area is 105 Å². The molecule has 2 rings (SSSR count). The van der Waals surface area contributed by atoms with Crippen LogP contribution in [0.15, 0.2) is 30.3 Å². The second-order valence-electron chi connectivity index (χ2n) is 5.59. The second kappa shape index (κ2) is 5.19. The van der Waals surface area contributed by atoms with Crippen LogP contribution in [0.2, 0.25) is 0 Å². The molecule has 94 valence electrons. The summed E-state index contributed by atoms with van der Waals surface area (Å²) in [6.45, 7) is 7.63. The smallest absolute Gasteiger partial charge is 0.0174 e. The van der Waals surface area contributed by atoms with Crippen LogP contribution in [0.3, 0.4) is 0 Å². The monoisotopic (exact) mass is 232 g/mol. The standard InChI is InChI=1S/C15H24N2/c1-13-7-6-10-17(13)12-15(2,11-16)14-8-4-3-5-9-14/h3-5,8-9,13H,6-7,10-12,16H2,1-2H3. The van der Waals surface area contributed by atoms with E-state index >= 15 is 0 Å². The first-order valence-electron chi connectivity index (χ1n) is 6.65. The van der Waals surface area contributed by atoms with Crippen LogP contribution in [-0.2, 0) is 5.41 Å². The first-order valence-corrected chi connectivity index (χ1v) is 6.65. The van der Waals surface area contributed by atoms with Gasteiger partial charge in [0.05, 0.1) is 0 Å². The Morgan fingerprint density at radius 2 is 2.06 bits per heavy atom. The molecule has 1 heterocycles. The molecule has 1 aliphatic rings. The van der Waals surface area contributed by atoms with Gasteiger partial charge < -0.3 is 5.73 Å². The third-order valence-electron chi connectivity index (χ3n) is 4.16. The maximum atomic E-state index is 6.04. The lowest BCUT2D eigenvalue weighted by atomic mass is 9.82. The van der Waals surface area contributed by atoms with Crippen molar-refractivity contribution in [2.45, 2.75) is 38.1 Å². The molecule has 0 aliphatic carbocycles. The van der Waals surface area contributed by atoms with Gasteiger partial charge in [0.2, 0.25) is 0 Å². The molecular formula is C15H24N2. The van der Waals surface area contributed by atoms with Crippen LogP contribution in [0.1, 0.15) is 32.3 Å². The van der Waals surface area contributed by atoms with Crippen molar-refractivity contribution < 1.29 is 0 Å². The summed E-state index contributed by atoms with van der Waals surface area (Å²) in [5.74, 6) is 0. The van der Waals surface area contributed by atoms with Crippen molar-refractivity contribution in [3.63, 3.8) is 0 Å². The van der Waals surface area contributed by atoms with E-state index in [-0.39, 0.29) is 5.41 Å². The van der Waals surface area contributed by atoms with Crippen LogP contribution in [-0.4, -0.2) is 30.6 Å². The van der Waals surface area contributed by atoms with Crippen LogP contribution in [0.25, 0.3) is 0 Å². The van der Waals surface area contributed by atoms with Crippen molar-refractivity contribution >= 4 is 0 Å². The molecule has 2 atom stereocenters. The Bertz CT molecular complexity index is 349. The Morgan fingerprint density at radius 1 is 1.35 bits per heavy atom. The molecule has 0 radical (unpaired) electrons. The van der Waals surface area contributed by atoms with E-state index < -0.39 is 0 Å². The predicted octanol–water partition coefficient (Wildman–Crippen LogP) is 2.39. The van der Waals surface area contributed by atoms with Gasteiger partial charge in [0.25, 0.3) is 0 Å². The fraction of sp³-hybridized carbons (Fsp3) is 0.600. The minimum absolute atomic E-state index is 0.0832. The molecule has 2 nitrogen and oxygen atoms in total. The summed E-state index contributed by atoms with van der Waals surface area (Å²) in [6, 6.07) is 11.4. The van der Waals surface area contributed by atoms with E-state index in [0.717, 1.165) is 6.54 Å². The molecule has 17 heavy (non-hydrogen) atoms. The van der Waals surface area contributed by atoms with Crippen LogP contribution in [0, 0.1) is 0 Å². The number of nitrogens with zero attached hydrogens (tertiary/aromatic N) is 1. The Hall–Kier alpha value is -0.860. The normalized spacial score (nSPS) is 24.8. The van der Waals surface area contributed by atoms with E-state index in [9.17, 15) is 0 Å². The summed E-state index contributed by atoms with van der Waals surface area (Å²) in [5, 5.41) is 0. The quantitative estimate of drug-likeness (QED) is 0.863. The Balaban J connectivity index is 2.14. The largest absolute Gasteiger partial charge is 0.330 e. The highest BCUT2D eigenvalue weighted by Crippen LogP contribution is 2.27. The molecule has 0 saturated carbocycles. The first-order chi connectivity index (χ1) is 8.15. The number of hydrogen-bond donors (Lipinski definition) is 1. The van der Waals surface area contributed by atoms with Crippen molar-refractivity contribution in [3.8, 4) is 0 Å². The molecule has 0 amide bonds. The van der Waals surface area contributed by atoms with Crippen molar-refractivity contribution in [1.29, 1.82) is 0 Å². The molecule has 2 unspecified atom stereocenters. The summed E-state index contributed by atoms with van der Waals surface area (Å²) in [6.07, 6.45) is 2.66. The molecule has 1 aromatic rings. The summed E-state index contributed by atoms with van der Waals surface area (Å²) in [5.41, 5.74) is 7.48. The van der Waals surface area contributed by atoms with Crippen LogP contribution in [0.4, 0.5) is 0 Å². The molecule has 1 fully saturated rings. The first kappa shape index (κ1) is 12.6. The van der Waals surface area contributed by atoms with Gasteiger partial charge in [0.1, 0.15) is 0 Å². The molecule has 2 N–H and O–H groups in total. The van der Waals surface area contributed by atoms with E-state index in [1.165, 1.54) is 24.9 Å². The van der Waals surface area contributed by atoms with Crippen molar-refractivity contribution in [1.82, 2.24) is 4.90 Å². The highest BCUT2D eigenvalue weighted by molar-refractivity contribution is 5.25. The van der Waals surface area contributed by atoms with Gasteiger partial charge in [-0.1, -0.05) is 37.3 Å². The number of rotatable bonds is 4. The highest BCUT2D eigenvalue weighted by Gasteiger charge is 2.31. The topological polar surface area (TPSA) is 29.3 Å². The lowest BCUT2D eigenvalue weighted by Gasteiger charge is -2.35. The second-order valence-corrected chi connectivity index (χ2v) is 5.59. The van der Waals surface area contributed by atoms with Gasteiger partial charge in [-0.3, -0.25) is 4.90 Å². The fourth-order valence-electron chi connectivity index (χ4n) is 2.79. The average Bonchev–Trinajstić information content (AvgIpc) is 2.76. The van der Waals surface area contributed by atoms with Gasteiger partial charge in [0, 0.05) is 24.5 Å². The van der Waals surface area contributed by atoms with Crippen LogP contribution in [0.5, 0.6) is 0 Å². The summed E-state index contributed by atoms with van der Waals surface area (Å²) >= 11 is 0. The molecule has 1 aliphatic heterocycles. The number of likely N-dealkylation sites (tertiary alicyclic amines) is 1. The van der Waals surface area contributed by atoms with E-state index in [1.54, 1.807) is 0 Å². The predicted molar refractivity (Wildman–Crippen MR) is 73.1 cm³/mol. The molecule has 0 spiro atoms. The number of nitrogens with two attached hydrogens (primary N) is 1. The lowest BCUT2D eigenvalue weighted by molar-refractivity contribution is 0.212. The minimum atomic E-state index is 0.0832. The molecule has 0 aromatic heterocycles. The van der Waals surface area contributed by atoms with Gasteiger partial charge in [0.15, 0.2) is 0 Å². The SMILES string of the molecule is CC1CCCN1CC(C)(CN)c1ccccc1. The zero-order chi connectivity index (χ0) is 12.3. The fourth-order valence-corrected chi connectivity index (χ4v) is 2.79. The molecule has 2 heteroatoms. The molecular weight excluding hydrogens is 208 g/mol. The van der Waals surface area contributed by atoms with Gasteiger partial charge >= 0.3 is 0 Å². The zero-order valence-electron chi connectivity index (χ0n) is 11.0. The average molecular weight is 232 g/mol. The van der Waals surface area contributed by atoms with E-state index in [2.05, 4.69) is 49.1 Å². The third-order valence-corrected chi connectivity index (χ3v) is 4.16. The van der Waals surface area contributed by atoms with Gasteiger partial charge in [-0.05, 0) is 31.9 Å². The Morgan fingerprint density at radius 3 is 2.59 bits per heavy atom. The zero-order valence-corrected chi connectivity index (χ0v) is 11.0. The van der Waals surface area contributed by atoms with Gasteiger partial charge in [-0.15, -0.1) is 0 Å². The summed E-state index contributed by atoms with van der Waals surface area (Å²) in [7, 11) is 0. The van der Waals surface area contributed by atoms with Crippen molar-refractivity contribution in [2.75, 3.05) is 19.6 Å². The van der Waals surface area contributed by atoms with Crippen LogP contribution < -0.4 is 5.73 Å². The molecule has 1 saturated heterocycles. The van der Waals surface area contributed by atoms with Crippen molar-refractivity contribution in [3.05, 3.63) is 35.9 Å². The third kappa shape index (κ3) is 2.70. The summed E-state index contributed by atoms with van der Waals surface area (Å²) in [4.78, 5) is 2.58. The lowest BCUT2D eigenvalue weighted by Crippen LogP contribution is -2.45. The van der Waals surface area contributed by atoms with E-state index in [0.29, 0.717) is 12.6 Å². The van der Waals surface area contributed by atoms with Gasteiger partial charge in [-0.25, -0.2) is 0 Å². The minimum Gasteiger partial charge on any atom is -0.330 e. The Kier molecular flexibility index (Phi) is 3.85. The van der Waals surface area contributed by atoms with Gasteiger partial charge in [-0.2, -0.15) is 0 Å².